The van der Waals surface area contributed by atoms with E-state index in [1.165, 1.54) is 31.3 Å². The van der Waals surface area contributed by atoms with Crippen LogP contribution in [0.4, 0.5) is 10.5 Å². The lowest BCUT2D eigenvalue weighted by Gasteiger charge is -2.31. The van der Waals surface area contributed by atoms with Gasteiger partial charge in [-0.05, 0) is 63.4 Å². The summed E-state index contributed by atoms with van der Waals surface area (Å²) in [7, 11) is 1.41. The van der Waals surface area contributed by atoms with Crippen molar-refractivity contribution < 1.29 is 29.3 Å². The minimum Gasteiger partial charge on any atom is -0.508 e. The summed E-state index contributed by atoms with van der Waals surface area (Å²) in [4.78, 5) is 39.9. The number of aromatic hydroxyl groups is 1. The predicted octanol–water partition coefficient (Wildman–Crippen LogP) is 3.03. The molecule has 2 aromatic carbocycles. The fourth-order valence-corrected chi connectivity index (χ4v) is 3.42. The number of rotatable bonds is 7. The summed E-state index contributed by atoms with van der Waals surface area (Å²) in [6.07, 6.45) is -0.866. The Labute approximate surface area is 199 Å². The molecule has 0 radical (unpaired) electrons. The maximum absolute atomic E-state index is 13.4. The molecule has 0 spiro atoms. The number of nitrogens with one attached hydrogen (secondary N) is 2. The van der Waals surface area contributed by atoms with Crippen LogP contribution in [0.3, 0.4) is 0 Å². The minimum absolute atomic E-state index is 0.00598. The van der Waals surface area contributed by atoms with E-state index >= 15 is 0 Å². The number of aliphatic hydroxyl groups excluding tert-OH is 1. The first-order valence-electron chi connectivity index (χ1n) is 10.9. The summed E-state index contributed by atoms with van der Waals surface area (Å²) in [5.41, 5.74) is 1.98. The van der Waals surface area contributed by atoms with Crippen molar-refractivity contribution in [2.45, 2.75) is 52.3 Å². The van der Waals surface area contributed by atoms with Crippen molar-refractivity contribution in [3.63, 3.8) is 0 Å². The Balaban J connectivity index is 2.35. The van der Waals surface area contributed by atoms with Crippen LogP contribution in [0.5, 0.6) is 5.75 Å². The Morgan fingerprint density at radius 3 is 2.09 bits per heavy atom. The molecule has 4 N–H and O–H groups in total. The molecule has 9 nitrogen and oxygen atoms in total. The van der Waals surface area contributed by atoms with Crippen molar-refractivity contribution in [3.05, 3.63) is 59.2 Å². The van der Waals surface area contributed by atoms with Crippen molar-refractivity contribution in [1.29, 1.82) is 0 Å². The number of hydrogen-bond acceptors (Lipinski definition) is 6. The fraction of sp³-hybridized carbons (Fsp3) is 0.400. The van der Waals surface area contributed by atoms with Crippen LogP contribution in [-0.4, -0.2) is 58.3 Å². The Morgan fingerprint density at radius 2 is 1.59 bits per heavy atom. The summed E-state index contributed by atoms with van der Waals surface area (Å²) < 4.78 is 5.17. The number of amides is 3. The molecule has 2 aromatic rings. The van der Waals surface area contributed by atoms with Crippen LogP contribution < -0.4 is 10.6 Å². The van der Waals surface area contributed by atoms with Crippen LogP contribution in [0, 0.1) is 13.8 Å². The summed E-state index contributed by atoms with van der Waals surface area (Å²) in [5, 5.41) is 24.7. The van der Waals surface area contributed by atoms with Crippen molar-refractivity contribution >= 4 is 23.6 Å². The number of phenolic OH excluding ortho intramolecular Hbond substituents is 1. The van der Waals surface area contributed by atoms with E-state index in [1.807, 2.05) is 32.0 Å². The van der Waals surface area contributed by atoms with Crippen LogP contribution in [0.15, 0.2) is 42.5 Å². The minimum atomic E-state index is -1.33. The van der Waals surface area contributed by atoms with E-state index in [1.54, 1.807) is 20.8 Å². The second kappa shape index (κ2) is 11.0. The zero-order valence-electron chi connectivity index (χ0n) is 20.4. The molecule has 0 aliphatic rings. The number of likely N-dealkylation sites (N-methyl/N-ethyl adjacent to an activating group) is 1. The molecule has 0 bridgehead atoms. The number of aryl methyl sites for hydroxylation is 2. The lowest BCUT2D eigenvalue weighted by Crippen LogP contribution is -2.52. The molecule has 2 unspecified atom stereocenters. The maximum Gasteiger partial charge on any atom is 0.408 e. The highest BCUT2D eigenvalue weighted by atomic mass is 16.6. The molecule has 9 heteroatoms. The summed E-state index contributed by atoms with van der Waals surface area (Å²) in [6.45, 7) is 8.05. The second-order valence-electron chi connectivity index (χ2n) is 9.08. The lowest BCUT2D eigenvalue weighted by atomic mass is 10.0. The number of carbonyl (C=O) groups excluding carboxylic acids is 3. The highest BCUT2D eigenvalue weighted by Gasteiger charge is 2.34. The number of phenols is 1. The third-order valence-corrected chi connectivity index (χ3v) is 5.09. The average Bonchev–Trinajstić information content (AvgIpc) is 2.74. The zero-order chi connectivity index (χ0) is 25.6. The van der Waals surface area contributed by atoms with Crippen LogP contribution in [0.2, 0.25) is 0 Å². The molecular formula is C25H33N3O6. The third-order valence-electron chi connectivity index (χ3n) is 5.09. The molecular weight excluding hydrogens is 438 g/mol. The highest BCUT2D eigenvalue weighted by molar-refractivity contribution is 5.99. The second-order valence-corrected chi connectivity index (χ2v) is 9.08. The van der Waals surface area contributed by atoms with Crippen molar-refractivity contribution in [3.8, 4) is 5.75 Å². The highest BCUT2D eigenvalue weighted by Crippen LogP contribution is 2.27. The first-order chi connectivity index (χ1) is 15.8. The largest absolute Gasteiger partial charge is 0.508 e. The van der Waals surface area contributed by atoms with Gasteiger partial charge in [0.25, 0.3) is 5.91 Å². The predicted molar refractivity (Wildman–Crippen MR) is 128 cm³/mol. The standard InChI is InChI=1S/C25H33N3O6/c1-15-8-7-9-16(2)20(15)27-22(31)21(17-10-12-18(30)13-11-17)28(6)23(32)19(14-29)26-24(33)34-25(3,4)5/h7-13,19,21,29-30H,14H2,1-6H3,(H,26,33)(H,27,31). The smallest absolute Gasteiger partial charge is 0.408 e. The van der Waals surface area contributed by atoms with Gasteiger partial charge in [0.1, 0.15) is 23.4 Å². The topological polar surface area (TPSA) is 128 Å². The Bertz CT molecular complexity index is 1010. The van der Waals surface area contributed by atoms with Gasteiger partial charge in [0.15, 0.2) is 0 Å². The van der Waals surface area contributed by atoms with E-state index in [-0.39, 0.29) is 5.75 Å². The van der Waals surface area contributed by atoms with E-state index < -0.39 is 42.2 Å². The number of carbonyl (C=O) groups is 3. The number of alkyl carbamates (subject to hydrolysis) is 1. The maximum atomic E-state index is 13.4. The van der Waals surface area contributed by atoms with Gasteiger partial charge in [-0.3, -0.25) is 9.59 Å². The van der Waals surface area contributed by atoms with E-state index in [4.69, 9.17) is 4.74 Å². The number of para-hydroxylation sites is 1. The van der Waals surface area contributed by atoms with Crippen molar-refractivity contribution in [2.24, 2.45) is 0 Å². The van der Waals surface area contributed by atoms with Gasteiger partial charge < -0.3 is 30.5 Å². The summed E-state index contributed by atoms with van der Waals surface area (Å²) >= 11 is 0. The van der Waals surface area contributed by atoms with E-state index in [2.05, 4.69) is 10.6 Å². The molecule has 2 rings (SSSR count). The number of ether oxygens (including phenoxy) is 1. The van der Waals surface area contributed by atoms with Crippen LogP contribution >= 0.6 is 0 Å². The van der Waals surface area contributed by atoms with Gasteiger partial charge in [0.2, 0.25) is 5.91 Å². The molecule has 2 atom stereocenters. The van der Waals surface area contributed by atoms with Gasteiger partial charge in [0, 0.05) is 12.7 Å². The lowest BCUT2D eigenvalue weighted by molar-refractivity contribution is -0.139. The van der Waals surface area contributed by atoms with Gasteiger partial charge in [-0.15, -0.1) is 0 Å². The third kappa shape index (κ3) is 6.95. The molecule has 0 saturated heterocycles. The first-order valence-corrected chi connectivity index (χ1v) is 10.9. The molecule has 0 aromatic heterocycles. The number of anilines is 1. The van der Waals surface area contributed by atoms with Gasteiger partial charge in [-0.25, -0.2) is 4.79 Å². The molecule has 184 valence electrons. The van der Waals surface area contributed by atoms with Gasteiger partial charge in [0.05, 0.1) is 6.61 Å². The summed E-state index contributed by atoms with van der Waals surface area (Å²) in [5.74, 6) is -1.18. The van der Waals surface area contributed by atoms with E-state index in [0.29, 0.717) is 11.3 Å². The number of aliphatic hydroxyl groups is 1. The number of nitrogens with zero attached hydrogens (tertiary/aromatic N) is 1. The molecule has 0 heterocycles. The molecule has 0 aliphatic carbocycles. The monoisotopic (exact) mass is 471 g/mol. The van der Waals surface area contributed by atoms with Crippen LogP contribution in [0.1, 0.15) is 43.5 Å². The quantitative estimate of drug-likeness (QED) is 0.491. The summed E-state index contributed by atoms with van der Waals surface area (Å²) in [6, 6.07) is 9.05. The van der Waals surface area contributed by atoms with Crippen LogP contribution in [0.25, 0.3) is 0 Å². The average molecular weight is 472 g/mol. The van der Waals surface area contributed by atoms with E-state index in [0.717, 1.165) is 16.0 Å². The first kappa shape index (κ1) is 26.7. The molecule has 0 saturated carbocycles. The van der Waals surface area contributed by atoms with Gasteiger partial charge in [-0.2, -0.15) is 0 Å². The van der Waals surface area contributed by atoms with Gasteiger partial charge in [-0.1, -0.05) is 30.3 Å². The van der Waals surface area contributed by atoms with Crippen molar-refractivity contribution in [1.82, 2.24) is 10.2 Å². The van der Waals surface area contributed by atoms with Crippen LogP contribution in [-0.2, 0) is 14.3 Å². The Morgan fingerprint density at radius 1 is 1.03 bits per heavy atom. The SMILES string of the molecule is Cc1cccc(C)c1NC(=O)C(c1ccc(O)cc1)N(C)C(=O)C(CO)NC(=O)OC(C)(C)C. The number of hydrogen-bond donors (Lipinski definition) is 4. The normalized spacial score (nSPS) is 12.9. The Hall–Kier alpha value is -3.59. The van der Waals surface area contributed by atoms with Gasteiger partial charge >= 0.3 is 6.09 Å². The fourth-order valence-electron chi connectivity index (χ4n) is 3.42. The molecule has 3 amide bonds. The Kier molecular flexibility index (Phi) is 8.64. The molecule has 0 fully saturated rings. The van der Waals surface area contributed by atoms with Crippen molar-refractivity contribution in [2.75, 3.05) is 19.0 Å². The molecule has 34 heavy (non-hydrogen) atoms. The van der Waals surface area contributed by atoms with E-state index in [9.17, 15) is 24.6 Å². The molecule has 0 aliphatic heterocycles. The zero-order valence-corrected chi connectivity index (χ0v) is 20.4. The number of benzene rings is 2.